The zero-order valence-corrected chi connectivity index (χ0v) is 9.00. The lowest BCUT2D eigenvalue weighted by molar-refractivity contribution is 0.0531. The lowest BCUT2D eigenvalue weighted by Crippen LogP contribution is -2.06. The number of carbonyl (C=O) groups is 1. The zero-order chi connectivity index (χ0) is 9.68. The largest absolute Gasteiger partial charge is 0.461 e. The molecule has 0 fully saturated rings. The summed E-state index contributed by atoms with van der Waals surface area (Å²) >= 11 is 3.19. The second-order valence-electron chi connectivity index (χ2n) is 2.69. The van der Waals surface area contributed by atoms with Gasteiger partial charge in [-0.05, 0) is 19.1 Å². The molecule has 0 unspecified atom stereocenters. The van der Waals surface area contributed by atoms with Crippen molar-refractivity contribution in [3.05, 3.63) is 35.4 Å². The van der Waals surface area contributed by atoms with E-state index in [4.69, 9.17) is 4.74 Å². The van der Waals surface area contributed by atoms with Gasteiger partial charge in [0.25, 0.3) is 0 Å². The maximum Gasteiger partial charge on any atom is 0.338 e. The standard InChI is InChI=1S/C10H11BrO2/c1-8-3-2-4-9(7-8)10(12)13-6-5-11/h2-4,7H,5-6H2,1H3. The van der Waals surface area contributed by atoms with Gasteiger partial charge in [0.15, 0.2) is 0 Å². The number of carbonyl (C=O) groups excluding carboxylic acids is 1. The van der Waals surface area contributed by atoms with Crippen LogP contribution in [0.3, 0.4) is 0 Å². The predicted molar refractivity (Wildman–Crippen MR) is 55.3 cm³/mol. The molecule has 1 rings (SSSR count). The number of hydrogen-bond acceptors (Lipinski definition) is 2. The maximum atomic E-state index is 11.3. The number of alkyl halides is 1. The normalized spacial score (nSPS) is 9.69. The van der Waals surface area contributed by atoms with Gasteiger partial charge in [0.05, 0.1) is 5.56 Å². The monoisotopic (exact) mass is 242 g/mol. The molecule has 70 valence electrons. The Morgan fingerprint density at radius 2 is 2.31 bits per heavy atom. The Bertz CT molecular complexity index is 297. The topological polar surface area (TPSA) is 26.3 Å². The summed E-state index contributed by atoms with van der Waals surface area (Å²) in [4.78, 5) is 11.3. The van der Waals surface area contributed by atoms with E-state index in [2.05, 4.69) is 15.9 Å². The number of hydrogen-bond donors (Lipinski definition) is 0. The van der Waals surface area contributed by atoms with E-state index in [9.17, 15) is 4.79 Å². The van der Waals surface area contributed by atoms with Gasteiger partial charge in [-0.2, -0.15) is 0 Å². The Labute approximate surface area is 86.0 Å². The first kappa shape index (κ1) is 10.3. The molecule has 0 atom stereocenters. The molecule has 0 saturated carbocycles. The van der Waals surface area contributed by atoms with E-state index in [0.29, 0.717) is 17.5 Å². The van der Waals surface area contributed by atoms with Crippen LogP contribution in [0.1, 0.15) is 15.9 Å². The van der Waals surface area contributed by atoms with Crippen molar-refractivity contribution in [1.82, 2.24) is 0 Å². The molecular weight excluding hydrogens is 232 g/mol. The van der Waals surface area contributed by atoms with Crippen molar-refractivity contribution in [2.75, 3.05) is 11.9 Å². The van der Waals surface area contributed by atoms with Crippen LogP contribution in [-0.4, -0.2) is 17.9 Å². The second-order valence-corrected chi connectivity index (χ2v) is 3.49. The van der Waals surface area contributed by atoms with E-state index < -0.39 is 0 Å². The summed E-state index contributed by atoms with van der Waals surface area (Å²) in [5.74, 6) is -0.261. The van der Waals surface area contributed by atoms with Gasteiger partial charge in [0.2, 0.25) is 0 Å². The van der Waals surface area contributed by atoms with Crippen LogP contribution in [0.15, 0.2) is 24.3 Å². The SMILES string of the molecule is Cc1cccc(C(=O)OCCBr)c1. The molecular formula is C10H11BrO2. The molecule has 3 heteroatoms. The first-order chi connectivity index (χ1) is 6.24. The summed E-state index contributed by atoms with van der Waals surface area (Å²) in [6.07, 6.45) is 0. The lowest BCUT2D eigenvalue weighted by atomic mass is 10.1. The summed E-state index contributed by atoms with van der Waals surface area (Å²) in [5.41, 5.74) is 1.68. The van der Waals surface area contributed by atoms with Crippen molar-refractivity contribution in [3.63, 3.8) is 0 Å². The maximum absolute atomic E-state index is 11.3. The van der Waals surface area contributed by atoms with Crippen molar-refractivity contribution >= 4 is 21.9 Å². The smallest absolute Gasteiger partial charge is 0.338 e. The molecule has 0 aliphatic carbocycles. The number of ether oxygens (including phenoxy) is 1. The van der Waals surface area contributed by atoms with Crippen LogP contribution < -0.4 is 0 Å². The fraction of sp³-hybridized carbons (Fsp3) is 0.300. The molecule has 1 aromatic carbocycles. The van der Waals surface area contributed by atoms with Gasteiger partial charge in [-0.25, -0.2) is 4.79 Å². The third-order valence-electron chi connectivity index (χ3n) is 1.56. The van der Waals surface area contributed by atoms with E-state index in [-0.39, 0.29) is 5.97 Å². The first-order valence-electron chi connectivity index (χ1n) is 4.04. The minimum Gasteiger partial charge on any atom is -0.461 e. The molecule has 13 heavy (non-hydrogen) atoms. The van der Waals surface area contributed by atoms with Crippen LogP contribution in [-0.2, 0) is 4.74 Å². The van der Waals surface area contributed by atoms with Crippen molar-refractivity contribution in [1.29, 1.82) is 0 Å². The Morgan fingerprint density at radius 3 is 2.92 bits per heavy atom. The highest BCUT2D eigenvalue weighted by molar-refractivity contribution is 9.09. The fourth-order valence-corrected chi connectivity index (χ4v) is 1.15. The first-order valence-corrected chi connectivity index (χ1v) is 5.16. The summed E-state index contributed by atoms with van der Waals surface area (Å²) in [6, 6.07) is 7.36. The van der Waals surface area contributed by atoms with Crippen molar-refractivity contribution in [2.24, 2.45) is 0 Å². The van der Waals surface area contributed by atoms with Crippen LogP contribution in [0.2, 0.25) is 0 Å². The third-order valence-corrected chi connectivity index (χ3v) is 1.89. The fourth-order valence-electron chi connectivity index (χ4n) is 0.987. The number of halogens is 1. The molecule has 0 spiro atoms. The van der Waals surface area contributed by atoms with Crippen LogP contribution in [0.4, 0.5) is 0 Å². The average molecular weight is 243 g/mol. The summed E-state index contributed by atoms with van der Waals surface area (Å²) in [6.45, 7) is 2.36. The van der Waals surface area contributed by atoms with Gasteiger partial charge in [0.1, 0.15) is 6.61 Å². The molecule has 0 amide bonds. The quantitative estimate of drug-likeness (QED) is 0.602. The average Bonchev–Trinajstić information content (AvgIpc) is 2.14. The van der Waals surface area contributed by atoms with Gasteiger partial charge in [-0.15, -0.1) is 0 Å². The minimum atomic E-state index is -0.261. The highest BCUT2D eigenvalue weighted by atomic mass is 79.9. The number of benzene rings is 1. The summed E-state index contributed by atoms with van der Waals surface area (Å²) < 4.78 is 4.95. The molecule has 0 saturated heterocycles. The Morgan fingerprint density at radius 1 is 1.54 bits per heavy atom. The minimum absolute atomic E-state index is 0.261. The molecule has 0 bridgehead atoms. The van der Waals surface area contributed by atoms with Gasteiger partial charge in [-0.3, -0.25) is 0 Å². The van der Waals surface area contributed by atoms with Crippen LogP contribution in [0, 0.1) is 6.92 Å². The van der Waals surface area contributed by atoms with Crippen molar-refractivity contribution in [3.8, 4) is 0 Å². The summed E-state index contributed by atoms with van der Waals surface area (Å²) in [7, 11) is 0. The van der Waals surface area contributed by atoms with E-state index in [1.54, 1.807) is 6.07 Å². The highest BCUT2D eigenvalue weighted by Crippen LogP contribution is 2.05. The van der Waals surface area contributed by atoms with Crippen molar-refractivity contribution in [2.45, 2.75) is 6.92 Å². The van der Waals surface area contributed by atoms with E-state index in [0.717, 1.165) is 5.56 Å². The highest BCUT2D eigenvalue weighted by Gasteiger charge is 2.05. The molecule has 1 aromatic rings. The zero-order valence-electron chi connectivity index (χ0n) is 7.42. The summed E-state index contributed by atoms with van der Waals surface area (Å²) in [5, 5.41) is 0.671. The Hall–Kier alpha value is -0.830. The number of aryl methyl sites for hydroxylation is 1. The van der Waals surface area contributed by atoms with Gasteiger partial charge in [0, 0.05) is 5.33 Å². The predicted octanol–water partition coefficient (Wildman–Crippen LogP) is 2.55. The Kier molecular flexibility index (Phi) is 3.96. The van der Waals surface area contributed by atoms with E-state index in [1.165, 1.54) is 0 Å². The molecule has 2 nitrogen and oxygen atoms in total. The number of rotatable bonds is 3. The number of esters is 1. The molecule has 0 aliphatic heterocycles. The van der Waals surface area contributed by atoms with Gasteiger partial charge >= 0.3 is 5.97 Å². The second kappa shape index (κ2) is 5.02. The van der Waals surface area contributed by atoms with Gasteiger partial charge < -0.3 is 4.74 Å². The van der Waals surface area contributed by atoms with E-state index in [1.807, 2.05) is 25.1 Å². The van der Waals surface area contributed by atoms with Crippen LogP contribution in [0.5, 0.6) is 0 Å². The van der Waals surface area contributed by atoms with E-state index >= 15 is 0 Å². The van der Waals surface area contributed by atoms with Gasteiger partial charge in [-0.1, -0.05) is 33.6 Å². The lowest BCUT2D eigenvalue weighted by Gasteiger charge is -2.02. The third kappa shape index (κ3) is 3.19. The van der Waals surface area contributed by atoms with Crippen LogP contribution in [0.25, 0.3) is 0 Å². The van der Waals surface area contributed by atoms with Crippen molar-refractivity contribution < 1.29 is 9.53 Å². The van der Waals surface area contributed by atoms with Crippen LogP contribution >= 0.6 is 15.9 Å². The molecule has 0 aromatic heterocycles. The molecule has 0 N–H and O–H groups in total. The Balaban J connectivity index is 2.66. The molecule has 0 heterocycles. The molecule has 0 aliphatic rings. The molecule has 0 radical (unpaired) electrons.